The minimum absolute atomic E-state index is 0.646. The molecule has 22 heavy (non-hydrogen) atoms. The average molecular weight is 298 g/mol. The number of hydrogen-bond acceptors (Lipinski definition) is 3. The zero-order valence-corrected chi connectivity index (χ0v) is 13.0. The van der Waals surface area contributed by atoms with E-state index in [0.717, 1.165) is 49.3 Å². The molecular formula is C18H22N2O2. The van der Waals surface area contributed by atoms with Gasteiger partial charge in [0.05, 0.1) is 25.1 Å². The number of hydrogen-bond donors (Lipinski definition) is 0. The minimum Gasteiger partial charge on any atom is -0.493 e. The molecule has 0 amide bonds. The summed E-state index contributed by atoms with van der Waals surface area (Å²) in [4.78, 5) is 4.39. The van der Waals surface area contributed by atoms with Crippen molar-refractivity contribution in [3.63, 3.8) is 0 Å². The van der Waals surface area contributed by atoms with Crippen molar-refractivity contribution in [2.24, 2.45) is 7.05 Å². The van der Waals surface area contributed by atoms with Gasteiger partial charge in [0.25, 0.3) is 6.01 Å². The molecule has 0 saturated carbocycles. The van der Waals surface area contributed by atoms with Gasteiger partial charge in [-0.2, -0.15) is 0 Å². The van der Waals surface area contributed by atoms with Gasteiger partial charge in [0, 0.05) is 12.6 Å². The normalized spacial score (nSPS) is 17.3. The van der Waals surface area contributed by atoms with E-state index >= 15 is 0 Å². The maximum Gasteiger partial charge on any atom is 0.296 e. The van der Waals surface area contributed by atoms with Crippen LogP contribution in [0.3, 0.4) is 0 Å². The summed E-state index contributed by atoms with van der Waals surface area (Å²) in [6, 6.07) is 8.75. The first kappa shape index (κ1) is 14.7. The van der Waals surface area contributed by atoms with E-state index in [4.69, 9.17) is 9.47 Å². The standard InChI is InChI=1S/C18H22N2O2/c1-20-16-14-19-18(20)22-13-9-5-3-2-4-8-12-21-17-11-7-6-10-15(16)17/h3,5-7,10-11,14H,2,4,8-9,12-13H2,1H3/b5-3-. The van der Waals surface area contributed by atoms with Crippen molar-refractivity contribution in [2.45, 2.75) is 25.7 Å². The molecule has 0 fully saturated rings. The molecule has 2 aromatic rings. The third-order valence-corrected chi connectivity index (χ3v) is 3.81. The highest BCUT2D eigenvalue weighted by Gasteiger charge is 2.13. The number of nitrogens with zero attached hydrogens (tertiary/aromatic N) is 2. The van der Waals surface area contributed by atoms with Crippen molar-refractivity contribution >= 4 is 0 Å². The van der Waals surface area contributed by atoms with Gasteiger partial charge < -0.3 is 9.47 Å². The van der Waals surface area contributed by atoms with Gasteiger partial charge in [-0.25, -0.2) is 4.98 Å². The fraction of sp³-hybridized carbons (Fsp3) is 0.389. The highest BCUT2D eigenvalue weighted by molar-refractivity contribution is 5.67. The third-order valence-electron chi connectivity index (χ3n) is 3.81. The van der Waals surface area contributed by atoms with Crippen LogP contribution in [0.15, 0.2) is 42.6 Å². The maximum atomic E-state index is 5.98. The number of ether oxygens (including phenoxy) is 2. The molecule has 0 N–H and O–H groups in total. The van der Waals surface area contributed by atoms with Crippen LogP contribution in [0.4, 0.5) is 0 Å². The van der Waals surface area contributed by atoms with E-state index in [9.17, 15) is 0 Å². The molecule has 0 aliphatic carbocycles. The Bertz CT molecular complexity index is 646. The Morgan fingerprint density at radius 2 is 1.86 bits per heavy atom. The molecule has 116 valence electrons. The smallest absolute Gasteiger partial charge is 0.296 e. The van der Waals surface area contributed by atoms with Crippen molar-refractivity contribution in [3.05, 3.63) is 42.6 Å². The summed E-state index contributed by atoms with van der Waals surface area (Å²) in [5, 5.41) is 0. The minimum atomic E-state index is 0.646. The van der Waals surface area contributed by atoms with E-state index in [0.29, 0.717) is 12.6 Å². The highest BCUT2D eigenvalue weighted by Crippen LogP contribution is 2.31. The first-order chi connectivity index (χ1) is 10.9. The molecule has 0 spiro atoms. The van der Waals surface area contributed by atoms with Crippen molar-refractivity contribution in [1.82, 2.24) is 9.55 Å². The molecule has 1 aromatic carbocycles. The Morgan fingerprint density at radius 3 is 2.82 bits per heavy atom. The number of allylic oxidation sites excluding steroid dienone is 1. The summed E-state index contributed by atoms with van der Waals surface area (Å²) < 4.78 is 13.7. The zero-order valence-electron chi connectivity index (χ0n) is 13.0. The molecule has 2 bridgehead atoms. The fourth-order valence-electron chi connectivity index (χ4n) is 2.58. The molecule has 1 aliphatic rings. The molecule has 0 unspecified atom stereocenters. The molecule has 1 aromatic heterocycles. The van der Waals surface area contributed by atoms with Gasteiger partial charge in [-0.3, -0.25) is 4.57 Å². The number of aromatic nitrogens is 2. The van der Waals surface area contributed by atoms with Crippen molar-refractivity contribution in [2.75, 3.05) is 13.2 Å². The van der Waals surface area contributed by atoms with Crippen molar-refractivity contribution < 1.29 is 9.47 Å². The van der Waals surface area contributed by atoms with E-state index in [1.807, 2.05) is 36.0 Å². The Labute approximate surface area is 131 Å². The molecule has 4 heteroatoms. The largest absolute Gasteiger partial charge is 0.493 e. The summed E-state index contributed by atoms with van der Waals surface area (Å²) in [6.07, 6.45) is 10.5. The molecule has 4 nitrogen and oxygen atoms in total. The predicted octanol–water partition coefficient (Wildman–Crippen LogP) is 3.97. The van der Waals surface area contributed by atoms with Gasteiger partial charge in [-0.15, -0.1) is 0 Å². The number of para-hydroxylation sites is 1. The lowest BCUT2D eigenvalue weighted by molar-refractivity contribution is 0.289. The second-order valence-corrected chi connectivity index (χ2v) is 5.43. The van der Waals surface area contributed by atoms with Crippen LogP contribution in [0.5, 0.6) is 11.8 Å². The fourth-order valence-corrected chi connectivity index (χ4v) is 2.58. The van der Waals surface area contributed by atoms with E-state index in [1.165, 1.54) is 0 Å². The molecule has 0 saturated heterocycles. The second-order valence-electron chi connectivity index (χ2n) is 5.43. The SMILES string of the molecule is Cn1c2cnc1OCC/C=C\CCCCOc1ccccc1-2. The Morgan fingerprint density at radius 1 is 1.00 bits per heavy atom. The number of rotatable bonds is 0. The first-order valence-corrected chi connectivity index (χ1v) is 7.88. The van der Waals surface area contributed by atoms with Gasteiger partial charge >= 0.3 is 0 Å². The summed E-state index contributed by atoms with van der Waals surface area (Å²) >= 11 is 0. The second kappa shape index (κ2) is 7.16. The lowest BCUT2D eigenvalue weighted by Gasteiger charge is -2.12. The van der Waals surface area contributed by atoms with Crippen LogP contribution >= 0.6 is 0 Å². The Kier molecular flexibility index (Phi) is 4.78. The van der Waals surface area contributed by atoms with Crippen LogP contribution in [0.2, 0.25) is 0 Å². The van der Waals surface area contributed by atoms with Crippen LogP contribution < -0.4 is 9.47 Å². The third kappa shape index (κ3) is 3.32. The zero-order chi connectivity index (χ0) is 15.2. The van der Waals surface area contributed by atoms with Gasteiger partial charge in [0.2, 0.25) is 0 Å². The molecule has 2 heterocycles. The molecule has 3 rings (SSSR count). The molecule has 0 radical (unpaired) electrons. The summed E-state index contributed by atoms with van der Waals surface area (Å²) in [6.45, 7) is 1.39. The van der Waals surface area contributed by atoms with Crippen LogP contribution in [-0.4, -0.2) is 22.8 Å². The monoisotopic (exact) mass is 298 g/mol. The van der Waals surface area contributed by atoms with Gasteiger partial charge in [0.1, 0.15) is 5.75 Å². The van der Waals surface area contributed by atoms with Crippen LogP contribution in [0, 0.1) is 0 Å². The lowest BCUT2D eigenvalue weighted by Crippen LogP contribution is -2.03. The van der Waals surface area contributed by atoms with Crippen molar-refractivity contribution in [3.8, 4) is 23.0 Å². The van der Waals surface area contributed by atoms with E-state index in [1.54, 1.807) is 0 Å². The van der Waals surface area contributed by atoms with Crippen molar-refractivity contribution in [1.29, 1.82) is 0 Å². The Balaban J connectivity index is 1.91. The van der Waals surface area contributed by atoms with E-state index < -0.39 is 0 Å². The van der Waals surface area contributed by atoms with Gasteiger partial charge in [0.15, 0.2) is 0 Å². The predicted molar refractivity (Wildman–Crippen MR) is 87.2 cm³/mol. The summed E-state index contributed by atoms with van der Waals surface area (Å²) in [5.41, 5.74) is 2.07. The quantitative estimate of drug-likeness (QED) is 0.690. The topological polar surface area (TPSA) is 36.3 Å². The molecule has 1 aliphatic heterocycles. The van der Waals surface area contributed by atoms with Gasteiger partial charge in [-0.1, -0.05) is 24.3 Å². The van der Waals surface area contributed by atoms with E-state index in [-0.39, 0.29) is 0 Å². The first-order valence-electron chi connectivity index (χ1n) is 7.88. The van der Waals surface area contributed by atoms with Crippen LogP contribution in [0.1, 0.15) is 25.7 Å². The molecule has 0 atom stereocenters. The van der Waals surface area contributed by atoms with Crippen LogP contribution in [0.25, 0.3) is 11.3 Å². The maximum absolute atomic E-state index is 5.98. The summed E-state index contributed by atoms with van der Waals surface area (Å²) in [7, 11) is 1.97. The number of fused-ring (bicyclic) bond motifs is 4. The average Bonchev–Trinajstić information content (AvgIpc) is 2.89. The number of benzene rings is 1. The van der Waals surface area contributed by atoms with Gasteiger partial charge in [-0.05, 0) is 37.8 Å². The summed E-state index contributed by atoms with van der Waals surface area (Å²) in [5.74, 6) is 0.905. The van der Waals surface area contributed by atoms with E-state index in [2.05, 4.69) is 23.2 Å². The molecular weight excluding hydrogens is 276 g/mol. The number of imidazole rings is 1. The Hall–Kier alpha value is -2.23. The highest BCUT2D eigenvalue weighted by atomic mass is 16.5. The van der Waals surface area contributed by atoms with Crippen LogP contribution in [-0.2, 0) is 7.05 Å². The lowest BCUT2D eigenvalue weighted by atomic mass is 10.1.